The van der Waals surface area contributed by atoms with Gasteiger partial charge in [-0.1, -0.05) is 153 Å². The van der Waals surface area contributed by atoms with Gasteiger partial charge in [-0.05, 0) is 112 Å². The van der Waals surface area contributed by atoms with Gasteiger partial charge in [0.15, 0.2) is 0 Å². The van der Waals surface area contributed by atoms with Gasteiger partial charge in [-0.25, -0.2) is 0 Å². The average Bonchev–Trinajstić information content (AvgIpc) is 3.98. The van der Waals surface area contributed by atoms with Crippen LogP contribution in [0, 0.1) is 0 Å². The van der Waals surface area contributed by atoms with E-state index in [4.69, 9.17) is 4.74 Å². The molecular weight excluding hydrogens is 827 g/mol. The Morgan fingerprint density at radius 1 is 0.368 bits per heavy atom. The van der Waals surface area contributed by atoms with Crippen LogP contribution in [0.4, 0.5) is 17.1 Å². The van der Waals surface area contributed by atoms with Crippen molar-refractivity contribution in [3.05, 3.63) is 258 Å². The first-order valence-electron chi connectivity index (χ1n) is 23.7. The zero-order valence-corrected chi connectivity index (χ0v) is 37.6. The van der Waals surface area contributed by atoms with Crippen molar-refractivity contribution < 1.29 is 4.74 Å². The third-order valence-electron chi connectivity index (χ3n) is 15.5. The van der Waals surface area contributed by atoms with Crippen LogP contribution < -0.4 is 9.64 Å². The highest BCUT2D eigenvalue weighted by molar-refractivity contribution is 6.14. The van der Waals surface area contributed by atoms with Crippen molar-refractivity contribution in [1.82, 2.24) is 9.13 Å². The summed E-state index contributed by atoms with van der Waals surface area (Å²) in [5, 5.41) is 4.91. The fraction of sp³-hybridized carbons (Fsp3) is 0.0625. The lowest BCUT2D eigenvalue weighted by atomic mass is 9.61. The van der Waals surface area contributed by atoms with Gasteiger partial charge in [-0.2, -0.15) is 0 Å². The number of fused-ring (bicyclic) bond motifs is 17. The first-order valence-corrected chi connectivity index (χ1v) is 23.7. The van der Waals surface area contributed by atoms with Gasteiger partial charge < -0.3 is 18.8 Å². The van der Waals surface area contributed by atoms with Gasteiger partial charge in [0.2, 0.25) is 0 Å². The van der Waals surface area contributed by atoms with Gasteiger partial charge in [-0.15, -0.1) is 0 Å². The standard InChI is InChI=1S/C64H43N3O/c1-63(2)50-23-9-6-19-44(50)45-36-35-43(37-54(45)63)65(40-17-4-3-5-18-40)41-31-33-42(34-32-41)66-56-27-12-8-21-47(56)49-38-55-61(39-59(49)66)68-60-30-15-11-25-52(60)64(55)51-24-10-14-29-58(51)67-57-28-13-7-20-46(57)48-22-16-26-53(64)62(48)67/h3-39H,1-2H3. The van der Waals surface area contributed by atoms with E-state index in [1.54, 1.807) is 0 Å². The Morgan fingerprint density at radius 3 is 1.79 bits per heavy atom. The van der Waals surface area contributed by atoms with E-state index in [-0.39, 0.29) is 5.41 Å². The van der Waals surface area contributed by atoms with Crippen molar-refractivity contribution in [2.24, 2.45) is 0 Å². The maximum absolute atomic E-state index is 7.15. The van der Waals surface area contributed by atoms with Crippen LogP contribution in [0.2, 0.25) is 0 Å². The molecule has 10 aromatic carbocycles. The topological polar surface area (TPSA) is 22.3 Å². The fourth-order valence-corrected chi connectivity index (χ4v) is 12.7. The number of para-hydroxylation sites is 6. The molecule has 1 aliphatic carbocycles. The van der Waals surface area contributed by atoms with Crippen LogP contribution in [-0.2, 0) is 10.8 Å². The summed E-state index contributed by atoms with van der Waals surface area (Å²) in [4.78, 5) is 2.39. The summed E-state index contributed by atoms with van der Waals surface area (Å²) in [5.74, 6) is 1.74. The summed E-state index contributed by atoms with van der Waals surface area (Å²) in [7, 11) is 0. The molecule has 1 atom stereocenters. The van der Waals surface area contributed by atoms with E-state index < -0.39 is 5.41 Å². The molecule has 3 aliphatic rings. The highest BCUT2D eigenvalue weighted by Crippen LogP contribution is 2.61. The molecule has 0 fully saturated rings. The largest absolute Gasteiger partial charge is 0.457 e. The number of benzene rings is 10. The number of nitrogens with zero attached hydrogens (tertiary/aromatic N) is 3. The smallest absolute Gasteiger partial charge is 0.134 e. The van der Waals surface area contributed by atoms with Crippen molar-refractivity contribution in [2.45, 2.75) is 24.7 Å². The summed E-state index contributed by atoms with van der Waals surface area (Å²) in [6.07, 6.45) is 0. The van der Waals surface area contributed by atoms with Crippen LogP contribution in [0.15, 0.2) is 224 Å². The van der Waals surface area contributed by atoms with E-state index in [0.717, 1.165) is 56.4 Å². The third kappa shape index (κ3) is 4.78. The molecule has 0 saturated carbocycles. The van der Waals surface area contributed by atoms with Crippen molar-refractivity contribution >= 4 is 60.7 Å². The highest BCUT2D eigenvalue weighted by atomic mass is 16.5. The van der Waals surface area contributed by atoms with E-state index in [0.29, 0.717) is 0 Å². The molecule has 0 saturated heterocycles. The lowest BCUT2D eigenvalue weighted by molar-refractivity contribution is 0.434. The first kappa shape index (κ1) is 37.6. The Hall–Kier alpha value is -8.60. The molecule has 4 nitrogen and oxygen atoms in total. The Labute approximate surface area is 394 Å². The van der Waals surface area contributed by atoms with Crippen LogP contribution in [0.25, 0.3) is 66.1 Å². The quantitative estimate of drug-likeness (QED) is 0.176. The first-order chi connectivity index (χ1) is 33.5. The molecule has 4 heteroatoms. The van der Waals surface area contributed by atoms with Gasteiger partial charge in [0.25, 0.3) is 0 Å². The third-order valence-corrected chi connectivity index (χ3v) is 15.5. The SMILES string of the molecule is CC1(C)c2ccccc2-c2ccc(N(c3ccccc3)c3ccc(-n4c5ccccc5c5cc6c(cc54)Oc4ccccc4C64c5ccccc5-n5c6ccccc6c6cccc4c65)cc3)cc21. The zero-order chi connectivity index (χ0) is 44.9. The summed E-state index contributed by atoms with van der Waals surface area (Å²) in [5.41, 5.74) is 19.8. The van der Waals surface area contributed by atoms with Gasteiger partial charge in [0.05, 0.1) is 33.2 Å². The molecule has 2 aliphatic heterocycles. The Bertz CT molecular complexity index is 4100. The maximum Gasteiger partial charge on any atom is 0.134 e. The van der Waals surface area contributed by atoms with E-state index in [2.05, 4.69) is 252 Å². The average molecular weight is 870 g/mol. The molecule has 1 unspecified atom stereocenters. The molecule has 1 spiro atoms. The number of hydrogen-bond acceptors (Lipinski definition) is 2. The van der Waals surface area contributed by atoms with Gasteiger partial charge in [-0.3, -0.25) is 0 Å². The fourth-order valence-electron chi connectivity index (χ4n) is 12.7. The molecule has 15 rings (SSSR count). The van der Waals surface area contributed by atoms with Crippen LogP contribution in [-0.4, -0.2) is 9.13 Å². The van der Waals surface area contributed by atoms with E-state index >= 15 is 0 Å². The Balaban J connectivity index is 0.936. The monoisotopic (exact) mass is 869 g/mol. The molecule has 0 amide bonds. The molecule has 4 heterocycles. The van der Waals surface area contributed by atoms with Crippen LogP contribution >= 0.6 is 0 Å². The van der Waals surface area contributed by atoms with Crippen molar-refractivity contribution in [3.8, 4) is 34.0 Å². The Kier molecular flexibility index (Phi) is 7.46. The molecule has 0 radical (unpaired) electrons. The lowest BCUT2D eigenvalue weighted by Gasteiger charge is -2.45. The van der Waals surface area contributed by atoms with Gasteiger partial charge in [0, 0.05) is 66.9 Å². The van der Waals surface area contributed by atoms with Crippen LogP contribution in [0.3, 0.4) is 0 Å². The molecule has 0 bridgehead atoms. The maximum atomic E-state index is 7.15. The highest BCUT2D eigenvalue weighted by Gasteiger charge is 2.50. The molecule has 2 aromatic heterocycles. The van der Waals surface area contributed by atoms with Crippen molar-refractivity contribution in [2.75, 3.05) is 4.90 Å². The van der Waals surface area contributed by atoms with Crippen LogP contribution in [0.1, 0.15) is 47.2 Å². The second kappa shape index (κ2) is 13.5. The van der Waals surface area contributed by atoms with E-state index in [9.17, 15) is 0 Å². The zero-order valence-electron chi connectivity index (χ0n) is 37.6. The van der Waals surface area contributed by atoms with Crippen molar-refractivity contribution in [1.29, 1.82) is 0 Å². The molecule has 320 valence electrons. The van der Waals surface area contributed by atoms with Crippen molar-refractivity contribution in [3.63, 3.8) is 0 Å². The minimum absolute atomic E-state index is 0.108. The van der Waals surface area contributed by atoms with Gasteiger partial charge >= 0.3 is 0 Å². The Morgan fingerprint density at radius 2 is 0.971 bits per heavy atom. The predicted molar refractivity (Wildman–Crippen MR) is 279 cm³/mol. The number of ether oxygens (including phenoxy) is 1. The number of anilines is 3. The minimum Gasteiger partial charge on any atom is -0.457 e. The molecule has 0 N–H and O–H groups in total. The molecule has 12 aromatic rings. The second-order valence-corrected chi connectivity index (χ2v) is 19.2. The predicted octanol–water partition coefficient (Wildman–Crippen LogP) is 16.5. The minimum atomic E-state index is -0.653. The summed E-state index contributed by atoms with van der Waals surface area (Å²) < 4.78 is 12.1. The summed E-state index contributed by atoms with van der Waals surface area (Å²) >= 11 is 0. The molecule has 68 heavy (non-hydrogen) atoms. The second-order valence-electron chi connectivity index (χ2n) is 19.2. The number of rotatable bonds is 4. The number of aromatic nitrogens is 2. The van der Waals surface area contributed by atoms with E-state index in [1.807, 2.05) is 0 Å². The van der Waals surface area contributed by atoms with E-state index in [1.165, 1.54) is 71.6 Å². The number of hydrogen-bond donors (Lipinski definition) is 0. The summed E-state index contributed by atoms with van der Waals surface area (Å²) in [6, 6.07) is 82.8. The lowest BCUT2D eigenvalue weighted by Crippen LogP contribution is -2.37. The van der Waals surface area contributed by atoms with Crippen LogP contribution in [0.5, 0.6) is 11.5 Å². The van der Waals surface area contributed by atoms with Gasteiger partial charge in [0.1, 0.15) is 11.5 Å². The normalized spacial score (nSPS) is 15.8. The summed E-state index contributed by atoms with van der Waals surface area (Å²) in [6.45, 7) is 4.70. The molecular formula is C64H43N3O.